The molecule has 0 aliphatic heterocycles. The zero-order chi connectivity index (χ0) is 21.6. The van der Waals surface area contributed by atoms with Crippen LogP contribution in [0, 0.1) is 11.3 Å². The first-order valence-corrected chi connectivity index (χ1v) is 10.4. The summed E-state index contributed by atoms with van der Waals surface area (Å²) in [4.78, 5) is 25.0. The van der Waals surface area contributed by atoms with Gasteiger partial charge in [-0.25, -0.2) is 0 Å². The van der Waals surface area contributed by atoms with E-state index in [-0.39, 0.29) is 30.0 Å². The van der Waals surface area contributed by atoms with Crippen molar-refractivity contribution < 1.29 is 14.0 Å². The van der Waals surface area contributed by atoms with E-state index in [0.717, 1.165) is 42.1 Å². The van der Waals surface area contributed by atoms with Gasteiger partial charge < -0.3 is 19.6 Å². The summed E-state index contributed by atoms with van der Waals surface area (Å²) in [7, 11) is 0. The molecule has 7 heteroatoms. The minimum Gasteiger partial charge on any atom is -0.467 e. The minimum absolute atomic E-state index is 0.0667. The first-order chi connectivity index (χ1) is 15.1. The summed E-state index contributed by atoms with van der Waals surface area (Å²) >= 11 is 0. The average molecular weight is 416 g/mol. The Morgan fingerprint density at radius 3 is 2.74 bits per heavy atom. The molecule has 4 rings (SSSR count). The van der Waals surface area contributed by atoms with Gasteiger partial charge >= 0.3 is 0 Å². The molecule has 0 bridgehead atoms. The molecule has 2 amide bonds. The Hall–Kier alpha value is -3.79. The first kappa shape index (κ1) is 20.5. The van der Waals surface area contributed by atoms with Crippen molar-refractivity contribution in [2.45, 2.75) is 44.8 Å². The van der Waals surface area contributed by atoms with E-state index in [1.54, 1.807) is 30.7 Å². The number of hydrogen-bond donors (Lipinski definition) is 2. The fourth-order valence-corrected chi connectivity index (χ4v) is 3.97. The zero-order valence-electron chi connectivity index (χ0n) is 17.1. The maximum atomic E-state index is 12.6. The SMILES string of the molecule is N#C/C(=C\c1cn(CC(=O)NCc2ccco2)c2ccccc12)C(=O)NC1CCCC1. The second kappa shape index (κ2) is 9.35. The largest absolute Gasteiger partial charge is 0.467 e. The van der Waals surface area contributed by atoms with Gasteiger partial charge in [0, 0.05) is 28.7 Å². The lowest BCUT2D eigenvalue weighted by Gasteiger charge is -2.10. The number of amides is 2. The van der Waals surface area contributed by atoms with Gasteiger partial charge in [-0.15, -0.1) is 0 Å². The fourth-order valence-electron chi connectivity index (χ4n) is 3.97. The quantitative estimate of drug-likeness (QED) is 0.455. The van der Waals surface area contributed by atoms with Gasteiger partial charge in [0.05, 0.1) is 12.8 Å². The van der Waals surface area contributed by atoms with Crippen LogP contribution in [0.4, 0.5) is 0 Å². The third kappa shape index (κ3) is 4.86. The maximum Gasteiger partial charge on any atom is 0.262 e. The van der Waals surface area contributed by atoms with Crippen molar-refractivity contribution in [2.24, 2.45) is 0 Å². The highest BCUT2D eigenvalue weighted by molar-refractivity contribution is 6.04. The molecule has 0 spiro atoms. The number of furan rings is 1. The van der Waals surface area contributed by atoms with Gasteiger partial charge in [0.15, 0.2) is 0 Å². The fraction of sp³-hybridized carbons (Fsp3) is 0.292. The summed E-state index contributed by atoms with van der Waals surface area (Å²) in [6.45, 7) is 0.433. The molecule has 2 aromatic heterocycles. The van der Waals surface area contributed by atoms with Gasteiger partial charge in [0.1, 0.15) is 23.9 Å². The van der Waals surface area contributed by atoms with Crippen molar-refractivity contribution in [2.75, 3.05) is 0 Å². The number of fused-ring (bicyclic) bond motifs is 1. The van der Waals surface area contributed by atoms with Gasteiger partial charge in [-0.3, -0.25) is 9.59 Å². The molecule has 1 aromatic carbocycles. The predicted molar refractivity (Wildman–Crippen MR) is 116 cm³/mol. The monoisotopic (exact) mass is 416 g/mol. The Kier molecular flexibility index (Phi) is 6.18. The second-order valence-electron chi connectivity index (χ2n) is 7.71. The number of benzene rings is 1. The number of nitrogens with zero attached hydrogens (tertiary/aromatic N) is 2. The van der Waals surface area contributed by atoms with E-state index in [1.165, 1.54) is 0 Å². The number of carbonyl (C=O) groups excluding carboxylic acids is 2. The van der Waals surface area contributed by atoms with Crippen LogP contribution in [-0.4, -0.2) is 22.4 Å². The molecule has 0 atom stereocenters. The van der Waals surface area contributed by atoms with Crippen molar-refractivity contribution in [3.63, 3.8) is 0 Å². The molecular weight excluding hydrogens is 392 g/mol. The molecule has 3 aromatic rings. The summed E-state index contributed by atoms with van der Waals surface area (Å²) in [6, 6.07) is 13.4. The van der Waals surface area contributed by atoms with E-state index < -0.39 is 0 Å². The lowest BCUT2D eigenvalue weighted by atomic mass is 10.1. The number of hydrogen-bond acceptors (Lipinski definition) is 4. The lowest BCUT2D eigenvalue weighted by Crippen LogP contribution is -2.33. The Bertz CT molecular complexity index is 1150. The van der Waals surface area contributed by atoms with Crippen LogP contribution in [0.1, 0.15) is 37.0 Å². The van der Waals surface area contributed by atoms with E-state index in [9.17, 15) is 14.9 Å². The van der Waals surface area contributed by atoms with Gasteiger partial charge in [-0.1, -0.05) is 31.0 Å². The Balaban J connectivity index is 1.53. The standard InChI is InChI=1S/C24H24N4O3/c25-13-17(24(30)27-19-6-1-2-7-19)12-18-15-28(22-10-4-3-9-21(18)22)16-23(29)26-14-20-8-5-11-31-20/h3-5,8-12,15,19H,1-2,6-7,14,16H2,(H,26,29)(H,27,30)/b17-12+. The first-order valence-electron chi connectivity index (χ1n) is 10.4. The van der Waals surface area contributed by atoms with Crippen molar-refractivity contribution >= 4 is 28.8 Å². The number of aromatic nitrogens is 1. The van der Waals surface area contributed by atoms with Gasteiger partial charge in [0.2, 0.25) is 5.91 Å². The average Bonchev–Trinajstić information content (AvgIpc) is 3.53. The molecule has 31 heavy (non-hydrogen) atoms. The molecule has 1 aliphatic carbocycles. The Labute approximate surface area is 180 Å². The third-order valence-corrected chi connectivity index (χ3v) is 5.53. The molecule has 0 saturated heterocycles. The summed E-state index contributed by atoms with van der Waals surface area (Å²) in [6.07, 6.45) is 9.09. The van der Waals surface area contributed by atoms with Gasteiger partial charge in [0.25, 0.3) is 5.91 Å². The van der Waals surface area contributed by atoms with E-state index in [4.69, 9.17) is 4.42 Å². The number of para-hydroxylation sites is 1. The van der Waals surface area contributed by atoms with E-state index in [0.29, 0.717) is 12.3 Å². The number of carbonyl (C=O) groups is 2. The summed E-state index contributed by atoms with van der Waals surface area (Å²) in [5.74, 6) is 0.177. The zero-order valence-corrected chi connectivity index (χ0v) is 17.1. The lowest BCUT2D eigenvalue weighted by molar-refractivity contribution is -0.122. The van der Waals surface area contributed by atoms with Crippen LogP contribution in [-0.2, 0) is 22.7 Å². The van der Waals surface area contributed by atoms with Crippen LogP contribution in [0.3, 0.4) is 0 Å². The highest BCUT2D eigenvalue weighted by Gasteiger charge is 2.20. The maximum absolute atomic E-state index is 12.6. The topological polar surface area (TPSA) is 100 Å². The molecule has 2 N–H and O–H groups in total. The molecule has 0 radical (unpaired) electrons. The normalized spacial score (nSPS) is 14.5. The molecule has 1 fully saturated rings. The van der Waals surface area contributed by atoms with Crippen molar-refractivity contribution in [1.82, 2.24) is 15.2 Å². The van der Waals surface area contributed by atoms with Crippen LogP contribution in [0.2, 0.25) is 0 Å². The summed E-state index contributed by atoms with van der Waals surface area (Å²) in [5.41, 5.74) is 1.65. The third-order valence-electron chi connectivity index (χ3n) is 5.53. The van der Waals surface area contributed by atoms with Gasteiger partial charge in [-0.05, 0) is 37.1 Å². The highest BCUT2D eigenvalue weighted by Crippen LogP contribution is 2.24. The molecular formula is C24H24N4O3. The van der Waals surface area contributed by atoms with E-state index >= 15 is 0 Å². The van der Waals surface area contributed by atoms with Crippen molar-refractivity contribution in [3.8, 4) is 6.07 Å². The van der Waals surface area contributed by atoms with Gasteiger partial charge in [-0.2, -0.15) is 5.26 Å². The molecule has 1 saturated carbocycles. The Morgan fingerprint density at radius 2 is 2.00 bits per heavy atom. The summed E-state index contributed by atoms with van der Waals surface area (Å²) in [5, 5.41) is 16.2. The minimum atomic E-state index is -0.345. The van der Waals surface area contributed by atoms with Crippen LogP contribution >= 0.6 is 0 Å². The van der Waals surface area contributed by atoms with Crippen LogP contribution in [0.5, 0.6) is 0 Å². The molecule has 1 aliphatic rings. The van der Waals surface area contributed by atoms with Crippen LogP contribution in [0.25, 0.3) is 17.0 Å². The second-order valence-corrected chi connectivity index (χ2v) is 7.71. The smallest absolute Gasteiger partial charge is 0.262 e. The number of nitriles is 1. The van der Waals surface area contributed by atoms with Crippen LogP contribution < -0.4 is 10.6 Å². The van der Waals surface area contributed by atoms with Crippen molar-refractivity contribution in [1.29, 1.82) is 5.26 Å². The number of nitrogens with one attached hydrogen (secondary N) is 2. The van der Waals surface area contributed by atoms with E-state index in [1.807, 2.05) is 34.9 Å². The molecule has 2 heterocycles. The highest BCUT2D eigenvalue weighted by atomic mass is 16.3. The molecule has 7 nitrogen and oxygen atoms in total. The Morgan fingerprint density at radius 1 is 1.19 bits per heavy atom. The van der Waals surface area contributed by atoms with E-state index in [2.05, 4.69) is 10.6 Å². The molecule has 0 unspecified atom stereocenters. The summed E-state index contributed by atoms with van der Waals surface area (Å²) < 4.78 is 7.06. The molecule has 158 valence electrons. The van der Waals surface area contributed by atoms with Crippen molar-refractivity contribution in [3.05, 3.63) is 65.8 Å². The predicted octanol–water partition coefficient (Wildman–Crippen LogP) is 3.52. The number of rotatable bonds is 7. The van der Waals surface area contributed by atoms with Crippen LogP contribution in [0.15, 0.2) is 58.8 Å².